The van der Waals surface area contributed by atoms with Crippen LogP contribution in [0.3, 0.4) is 0 Å². The van der Waals surface area contributed by atoms with Gasteiger partial charge in [0.1, 0.15) is 10.8 Å². The molecule has 0 radical (unpaired) electrons. The van der Waals surface area contributed by atoms with Gasteiger partial charge in [-0.2, -0.15) is 0 Å². The fourth-order valence-corrected chi connectivity index (χ4v) is 2.48. The Morgan fingerprint density at radius 1 is 1.53 bits per heavy atom. The molecule has 0 spiro atoms. The van der Waals surface area contributed by atoms with E-state index < -0.39 is 4.92 Å². The largest absolute Gasteiger partial charge is 0.496 e. The highest BCUT2D eigenvalue weighted by Crippen LogP contribution is 2.33. The molecule has 0 bridgehead atoms. The van der Waals surface area contributed by atoms with Crippen LogP contribution in [0.1, 0.15) is 5.01 Å². The van der Waals surface area contributed by atoms with Gasteiger partial charge in [0.15, 0.2) is 0 Å². The monoisotopic (exact) mass is 279 g/mol. The number of nitro groups is 1. The molecular formula is C12H13N3O3S. The summed E-state index contributed by atoms with van der Waals surface area (Å²) in [7, 11) is 3.38. The lowest BCUT2D eigenvalue weighted by Gasteiger charge is -2.05. The quantitative estimate of drug-likeness (QED) is 0.672. The fourth-order valence-electron chi connectivity index (χ4n) is 1.68. The van der Waals surface area contributed by atoms with E-state index in [1.807, 2.05) is 12.4 Å². The summed E-state index contributed by atoms with van der Waals surface area (Å²) in [6, 6.07) is 4.49. The van der Waals surface area contributed by atoms with Gasteiger partial charge in [0.05, 0.1) is 17.7 Å². The molecule has 1 N–H and O–H groups in total. The molecule has 0 aliphatic heterocycles. The average Bonchev–Trinajstić information content (AvgIpc) is 2.87. The van der Waals surface area contributed by atoms with E-state index in [9.17, 15) is 10.1 Å². The van der Waals surface area contributed by atoms with Crippen molar-refractivity contribution in [2.75, 3.05) is 14.2 Å². The second-order valence-electron chi connectivity index (χ2n) is 3.80. The minimum absolute atomic E-state index is 0.0268. The third kappa shape index (κ3) is 2.88. The number of ether oxygens (including phenoxy) is 1. The van der Waals surface area contributed by atoms with Gasteiger partial charge < -0.3 is 10.1 Å². The maximum absolute atomic E-state index is 10.8. The highest BCUT2D eigenvalue weighted by molar-refractivity contribution is 7.09. The minimum Gasteiger partial charge on any atom is -0.496 e. The van der Waals surface area contributed by atoms with Gasteiger partial charge >= 0.3 is 0 Å². The van der Waals surface area contributed by atoms with Gasteiger partial charge in [-0.3, -0.25) is 10.1 Å². The van der Waals surface area contributed by atoms with Gasteiger partial charge in [-0.05, 0) is 13.1 Å². The summed E-state index contributed by atoms with van der Waals surface area (Å²) in [5.41, 5.74) is 1.35. The first-order chi connectivity index (χ1) is 9.15. The highest BCUT2D eigenvalue weighted by atomic mass is 32.1. The lowest BCUT2D eigenvalue weighted by Crippen LogP contribution is -2.04. The first kappa shape index (κ1) is 13.4. The third-order valence-corrected chi connectivity index (χ3v) is 3.40. The third-order valence-electron chi connectivity index (χ3n) is 2.55. The zero-order valence-electron chi connectivity index (χ0n) is 10.5. The van der Waals surface area contributed by atoms with Crippen LogP contribution in [-0.4, -0.2) is 24.1 Å². The van der Waals surface area contributed by atoms with Crippen LogP contribution in [0, 0.1) is 10.1 Å². The van der Waals surface area contributed by atoms with Gasteiger partial charge in [-0.1, -0.05) is 0 Å². The molecule has 0 saturated carbocycles. The number of nitrogens with zero attached hydrogens (tertiary/aromatic N) is 2. The van der Waals surface area contributed by atoms with Crippen LogP contribution in [0.25, 0.3) is 11.3 Å². The number of nitro benzene ring substituents is 1. The van der Waals surface area contributed by atoms with E-state index in [0.717, 1.165) is 5.01 Å². The van der Waals surface area contributed by atoms with Gasteiger partial charge in [0.2, 0.25) is 0 Å². The van der Waals surface area contributed by atoms with E-state index in [-0.39, 0.29) is 5.69 Å². The summed E-state index contributed by atoms with van der Waals surface area (Å²) in [4.78, 5) is 14.8. The smallest absolute Gasteiger partial charge is 0.270 e. The van der Waals surface area contributed by atoms with Crippen LogP contribution in [0.15, 0.2) is 23.6 Å². The van der Waals surface area contributed by atoms with Gasteiger partial charge in [-0.25, -0.2) is 4.98 Å². The normalized spacial score (nSPS) is 10.4. The van der Waals surface area contributed by atoms with Crippen molar-refractivity contribution in [2.45, 2.75) is 6.54 Å². The van der Waals surface area contributed by atoms with Crippen LogP contribution in [0.5, 0.6) is 5.75 Å². The first-order valence-corrected chi connectivity index (χ1v) is 6.45. The maximum Gasteiger partial charge on any atom is 0.270 e. The van der Waals surface area contributed by atoms with Crippen molar-refractivity contribution in [1.29, 1.82) is 0 Å². The zero-order chi connectivity index (χ0) is 13.8. The Morgan fingerprint density at radius 3 is 2.95 bits per heavy atom. The van der Waals surface area contributed by atoms with E-state index >= 15 is 0 Å². The van der Waals surface area contributed by atoms with Crippen molar-refractivity contribution in [2.24, 2.45) is 0 Å². The summed E-state index contributed by atoms with van der Waals surface area (Å²) >= 11 is 1.50. The van der Waals surface area contributed by atoms with Crippen LogP contribution < -0.4 is 10.1 Å². The number of rotatable bonds is 5. The Hall–Kier alpha value is -1.99. The Kier molecular flexibility index (Phi) is 4.08. The number of hydrogen-bond acceptors (Lipinski definition) is 6. The van der Waals surface area contributed by atoms with Crippen molar-refractivity contribution in [1.82, 2.24) is 10.3 Å². The van der Waals surface area contributed by atoms with Crippen molar-refractivity contribution in [3.05, 3.63) is 38.7 Å². The highest BCUT2D eigenvalue weighted by Gasteiger charge is 2.15. The predicted octanol–water partition coefficient (Wildman–Crippen LogP) is 2.45. The SMILES string of the molecule is CNCc1nc(-c2cc([N+](=O)[O-])ccc2OC)cs1. The van der Waals surface area contributed by atoms with Crippen molar-refractivity contribution >= 4 is 17.0 Å². The molecule has 7 heteroatoms. The topological polar surface area (TPSA) is 77.3 Å². The van der Waals surface area contributed by atoms with Gasteiger partial charge in [-0.15, -0.1) is 11.3 Å². The van der Waals surface area contributed by atoms with E-state index in [2.05, 4.69) is 10.3 Å². The summed E-state index contributed by atoms with van der Waals surface area (Å²) in [5, 5.41) is 16.6. The lowest BCUT2D eigenvalue weighted by atomic mass is 10.1. The second-order valence-corrected chi connectivity index (χ2v) is 4.74. The number of benzene rings is 1. The zero-order valence-corrected chi connectivity index (χ0v) is 11.4. The van der Waals surface area contributed by atoms with Crippen LogP contribution in [0.2, 0.25) is 0 Å². The lowest BCUT2D eigenvalue weighted by molar-refractivity contribution is -0.384. The number of methoxy groups -OCH3 is 1. The first-order valence-electron chi connectivity index (χ1n) is 5.57. The Balaban J connectivity index is 2.45. The van der Waals surface area contributed by atoms with Gasteiger partial charge in [0.25, 0.3) is 5.69 Å². The molecule has 0 atom stereocenters. The Labute approximate surface area is 114 Å². The molecule has 0 fully saturated rings. The molecule has 0 aliphatic rings. The Bertz CT molecular complexity index is 598. The fraction of sp³-hybridized carbons (Fsp3) is 0.250. The minimum atomic E-state index is -0.427. The number of hydrogen-bond donors (Lipinski definition) is 1. The molecule has 100 valence electrons. The van der Waals surface area contributed by atoms with Crippen molar-refractivity contribution in [3.63, 3.8) is 0 Å². The van der Waals surface area contributed by atoms with E-state index in [0.29, 0.717) is 23.6 Å². The summed E-state index contributed by atoms with van der Waals surface area (Å²) in [6.45, 7) is 0.669. The molecule has 0 saturated heterocycles. The van der Waals surface area contributed by atoms with Crippen molar-refractivity contribution < 1.29 is 9.66 Å². The number of aromatic nitrogens is 1. The van der Waals surface area contributed by atoms with Crippen molar-refractivity contribution in [3.8, 4) is 17.0 Å². The molecular weight excluding hydrogens is 266 g/mol. The van der Waals surface area contributed by atoms with Crippen LogP contribution in [0.4, 0.5) is 5.69 Å². The molecule has 0 amide bonds. The molecule has 0 unspecified atom stereocenters. The summed E-state index contributed by atoms with van der Waals surface area (Å²) < 4.78 is 5.23. The van der Waals surface area contributed by atoms with E-state index in [4.69, 9.17) is 4.74 Å². The number of nitrogens with one attached hydrogen (secondary N) is 1. The maximum atomic E-state index is 10.8. The summed E-state index contributed by atoms with van der Waals surface area (Å²) in [6.07, 6.45) is 0. The molecule has 2 rings (SSSR count). The van der Waals surface area contributed by atoms with Crippen LogP contribution >= 0.6 is 11.3 Å². The van der Waals surface area contributed by atoms with E-state index in [1.165, 1.54) is 30.6 Å². The van der Waals surface area contributed by atoms with E-state index in [1.54, 1.807) is 6.07 Å². The molecule has 1 aromatic carbocycles. The second kappa shape index (κ2) is 5.77. The number of non-ortho nitro benzene ring substituents is 1. The molecule has 0 aliphatic carbocycles. The predicted molar refractivity (Wildman–Crippen MR) is 73.5 cm³/mol. The Morgan fingerprint density at radius 2 is 2.32 bits per heavy atom. The molecule has 19 heavy (non-hydrogen) atoms. The van der Waals surface area contributed by atoms with Crippen LogP contribution in [-0.2, 0) is 6.54 Å². The average molecular weight is 279 g/mol. The molecule has 2 aromatic rings. The van der Waals surface area contributed by atoms with Gasteiger partial charge in [0, 0.05) is 29.6 Å². The molecule has 6 nitrogen and oxygen atoms in total. The molecule has 1 aromatic heterocycles. The molecule has 1 heterocycles. The summed E-state index contributed by atoms with van der Waals surface area (Å²) in [5.74, 6) is 0.576. The number of thiazole rings is 1. The standard InChI is InChI=1S/C12H13N3O3S/c1-13-6-12-14-10(7-19-12)9-5-8(15(16)17)3-4-11(9)18-2/h3-5,7,13H,6H2,1-2H3.